The molecule has 1 unspecified atom stereocenters. The van der Waals surface area contributed by atoms with Crippen molar-refractivity contribution < 1.29 is 13.2 Å². The highest BCUT2D eigenvalue weighted by Crippen LogP contribution is 2.32. The molecule has 2 rings (SSSR count). The van der Waals surface area contributed by atoms with Crippen LogP contribution >= 0.6 is 11.6 Å². The number of halogens is 4. The Morgan fingerprint density at radius 1 is 1.30 bits per heavy atom. The Kier molecular flexibility index (Phi) is 4.81. The molecule has 0 saturated carbocycles. The molecule has 0 spiro atoms. The van der Waals surface area contributed by atoms with Crippen molar-refractivity contribution in [3.8, 4) is 0 Å². The van der Waals surface area contributed by atoms with E-state index in [1.54, 1.807) is 6.07 Å². The number of anilines is 1. The predicted molar refractivity (Wildman–Crippen MR) is 75.2 cm³/mol. The fourth-order valence-corrected chi connectivity index (χ4v) is 2.87. The molecular weight excluding hydrogens is 289 g/mol. The van der Waals surface area contributed by atoms with E-state index in [-0.39, 0.29) is 5.50 Å². The quantitative estimate of drug-likeness (QED) is 0.619. The molecule has 0 radical (unpaired) electrons. The summed E-state index contributed by atoms with van der Waals surface area (Å²) >= 11 is 6.32. The van der Waals surface area contributed by atoms with Crippen LogP contribution < -0.4 is 4.90 Å². The van der Waals surface area contributed by atoms with Gasteiger partial charge in [-0.25, -0.2) is 0 Å². The Morgan fingerprint density at radius 3 is 2.65 bits per heavy atom. The molecule has 1 aliphatic rings. The summed E-state index contributed by atoms with van der Waals surface area (Å²) in [5.41, 5.74) is -0.385. The van der Waals surface area contributed by atoms with Gasteiger partial charge in [0.1, 0.15) is 5.50 Å². The second-order valence-electron chi connectivity index (χ2n) is 4.98. The van der Waals surface area contributed by atoms with Crippen LogP contribution in [0.3, 0.4) is 0 Å². The van der Waals surface area contributed by atoms with E-state index in [1.807, 2.05) is 4.90 Å². The Labute approximate surface area is 122 Å². The van der Waals surface area contributed by atoms with Crippen molar-refractivity contribution in [3.63, 3.8) is 0 Å². The average molecular weight is 307 g/mol. The van der Waals surface area contributed by atoms with Crippen molar-refractivity contribution in [1.82, 2.24) is 4.90 Å². The topological polar surface area (TPSA) is 6.48 Å². The number of piperazine rings is 1. The zero-order valence-corrected chi connectivity index (χ0v) is 12.1. The monoisotopic (exact) mass is 306 g/mol. The lowest BCUT2D eigenvalue weighted by molar-refractivity contribution is -0.137. The predicted octanol–water partition coefficient (Wildman–Crippen LogP) is 3.80. The van der Waals surface area contributed by atoms with Gasteiger partial charge in [0.2, 0.25) is 0 Å². The normalized spacial score (nSPS) is 21.2. The minimum Gasteiger partial charge on any atom is -0.353 e. The van der Waals surface area contributed by atoms with Gasteiger partial charge < -0.3 is 4.90 Å². The van der Waals surface area contributed by atoms with Crippen LogP contribution in [-0.2, 0) is 6.18 Å². The van der Waals surface area contributed by atoms with E-state index in [1.165, 1.54) is 12.1 Å². The van der Waals surface area contributed by atoms with E-state index in [4.69, 9.17) is 11.6 Å². The molecule has 2 nitrogen and oxygen atoms in total. The van der Waals surface area contributed by atoms with Crippen molar-refractivity contribution >= 4 is 17.3 Å². The zero-order chi connectivity index (χ0) is 14.8. The van der Waals surface area contributed by atoms with Gasteiger partial charge in [-0.1, -0.05) is 24.6 Å². The summed E-state index contributed by atoms with van der Waals surface area (Å²) in [7, 11) is 0. The second-order valence-corrected chi connectivity index (χ2v) is 5.48. The highest BCUT2D eigenvalue weighted by atomic mass is 35.5. The first kappa shape index (κ1) is 15.4. The van der Waals surface area contributed by atoms with Crippen molar-refractivity contribution in [1.29, 1.82) is 0 Å². The smallest absolute Gasteiger partial charge is 0.353 e. The van der Waals surface area contributed by atoms with Gasteiger partial charge in [0.05, 0.1) is 5.56 Å². The highest BCUT2D eigenvalue weighted by Gasteiger charge is 2.32. The van der Waals surface area contributed by atoms with E-state index in [9.17, 15) is 13.2 Å². The maximum atomic E-state index is 12.7. The SMILES string of the molecule is CCCN1CCN(c2cccc(C(F)(F)F)c2)C(Cl)C1. The van der Waals surface area contributed by atoms with E-state index >= 15 is 0 Å². The molecule has 0 amide bonds. The van der Waals surface area contributed by atoms with Crippen LogP contribution in [0.15, 0.2) is 24.3 Å². The Hall–Kier alpha value is -0.940. The van der Waals surface area contributed by atoms with Crippen molar-refractivity contribution in [2.75, 3.05) is 31.1 Å². The van der Waals surface area contributed by atoms with Crippen molar-refractivity contribution in [2.24, 2.45) is 0 Å². The summed E-state index contributed by atoms with van der Waals surface area (Å²) in [5.74, 6) is 0. The minimum atomic E-state index is -4.32. The minimum absolute atomic E-state index is 0.293. The highest BCUT2D eigenvalue weighted by molar-refractivity contribution is 6.22. The molecule has 1 aromatic carbocycles. The van der Waals surface area contributed by atoms with Crippen LogP contribution in [0.5, 0.6) is 0 Å². The number of rotatable bonds is 3. The molecule has 0 aliphatic carbocycles. The van der Waals surface area contributed by atoms with Crippen LogP contribution in [0, 0.1) is 0 Å². The lowest BCUT2D eigenvalue weighted by Gasteiger charge is -2.40. The van der Waals surface area contributed by atoms with Gasteiger partial charge in [-0.3, -0.25) is 4.90 Å². The summed E-state index contributed by atoms with van der Waals surface area (Å²) < 4.78 is 38.2. The fraction of sp³-hybridized carbons (Fsp3) is 0.571. The molecule has 0 bridgehead atoms. The van der Waals surface area contributed by atoms with E-state index in [0.717, 1.165) is 25.6 Å². The number of hydrogen-bond donors (Lipinski definition) is 0. The van der Waals surface area contributed by atoms with Gasteiger partial charge in [-0.15, -0.1) is 0 Å². The second kappa shape index (κ2) is 6.22. The van der Waals surface area contributed by atoms with Crippen LogP contribution in [0.25, 0.3) is 0 Å². The number of benzene rings is 1. The van der Waals surface area contributed by atoms with Gasteiger partial charge in [0.15, 0.2) is 0 Å². The maximum Gasteiger partial charge on any atom is 0.416 e. The molecule has 20 heavy (non-hydrogen) atoms. The van der Waals surface area contributed by atoms with Gasteiger partial charge in [0.25, 0.3) is 0 Å². The van der Waals surface area contributed by atoms with Crippen LogP contribution in [-0.4, -0.2) is 36.6 Å². The summed E-state index contributed by atoms with van der Waals surface area (Å²) in [6, 6.07) is 5.37. The molecule has 0 aromatic heterocycles. The third-order valence-electron chi connectivity index (χ3n) is 3.45. The summed E-state index contributed by atoms with van der Waals surface area (Å²) in [5, 5.41) is 0. The molecule has 6 heteroatoms. The van der Waals surface area contributed by atoms with E-state index in [0.29, 0.717) is 18.8 Å². The van der Waals surface area contributed by atoms with Gasteiger partial charge >= 0.3 is 6.18 Å². The third kappa shape index (κ3) is 3.58. The summed E-state index contributed by atoms with van der Waals surface area (Å²) in [6.07, 6.45) is -3.27. The Balaban J connectivity index is 2.12. The molecule has 1 atom stereocenters. The average Bonchev–Trinajstić information content (AvgIpc) is 2.38. The lowest BCUT2D eigenvalue weighted by Crippen LogP contribution is -2.51. The molecule has 0 N–H and O–H groups in total. The number of nitrogens with zero attached hydrogens (tertiary/aromatic N) is 2. The summed E-state index contributed by atoms with van der Waals surface area (Å²) in [6.45, 7) is 5.22. The summed E-state index contributed by atoms with van der Waals surface area (Å²) in [4.78, 5) is 4.07. The maximum absolute atomic E-state index is 12.7. The first-order valence-electron chi connectivity index (χ1n) is 6.72. The number of hydrogen-bond acceptors (Lipinski definition) is 2. The molecular formula is C14H18ClF3N2. The van der Waals surface area contributed by atoms with Crippen LogP contribution in [0.2, 0.25) is 0 Å². The van der Waals surface area contributed by atoms with Gasteiger partial charge in [-0.05, 0) is 31.2 Å². The van der Waals surface area contributed by atoms with E-state index < -0.39 is 11.7 Å². The number of alkyl halides is 4. The standard InChI is InChI=1S/C14H18ClF3N2/c1-2-6-19-7-8-20(13(15)10-19)12-5-3-4-11(9-12)14(16,17)18/h3-5,9,13H,2,6-8,10H2,1H3. The molecule has 1 fully saturated rings. The van der Waals surface area contributed by atoms with Crippen LogP contribution in [0.1, 0.15) is 18.9 Å². The van der Waals surface area contributed by atoms with Crippen molar-refractivity contribution in [3.05, 3.63) is 29.8 Å². The molecule has 112 valence electrons. The lowest BCUT2D eigenvalue weighted by atomic mass is 10.1. The largest absolute Gasteiger partial charge is 0.416 e. The third-order valence-corrected chi connectivity index (χ3v) is 3.82. The first-order valence-corrected chi connectivity index (χ1v) is 7.16. The van der Waals surface area contributed by atoms with Gasteiger partial charge in [-0.2, -0.15) is 13.2 Å². The fourth-order valence-electron chi connectivity index (χ4n) is 2.46. The zero-order valence-electron chi connectivity index (χ0n) is 11.3. The Bertz CT molecular complexity index is 450. The van der Waals surface area contributed by atoms with Crippen molar-refractivity contribution in [2.45, 2.75) is 25.0 Å². The van der Waals surface area contributed by atoms with E-state index in [2.05, 4.69) is 11.8 Å². The Morgan fingerprint density at radius 2 is 2.05 bits per heavy atom. The molecule has 1 saturated heterocycles. The first-order chi connectivity index (χ1) is 9.41. The van der Waals surface area contributed by atoms with Gasteiger partial charge in [0, 0.05) is 25.3 Å². The molecule has 1 heterocycles. The molecule has 1 aliphatic heterocycles. The molecule has 1 aromatic rings. The van der Waals surface area contributed by atoms with Crippen LogP contribution in [0.4, 0.5) is 18.9 Å².